The number of fused-ring (bicyclic) bond motifs is 1. The molecule has 2 heterocycles. The van der Waals surface area contributed by atoms with E-state index in [0.717, 1.165) is 24.6 Å². The van der Waals surface area contributed by atoms with E-state index in [4.69, 9.17) is 9.47 Å². The maximum absolute atomic E-state index is 5.60. The summed E-state index contributed by atoms with van der Waals surface area (Å²) in [6.45, 7) is 7.16. The molecule has 0 amide bonds. The third-order valence-electron chi connectivity index (χ3n) is 3.54. The van der Waals surface area contributed by atoms with E-state index >= 15 is 0 Å². The minimum Gasteiger partial charge on any atom is -0.486 e. The predicted octanol–water partition coefficient (Wildman–Crippen LogP) is 2.53. The van der Waals surface area contributed by atoms with Crippen LogP contribution in [0.2, 0.25) is 0 Å². The highest BCUT2D eigenvalue weighted by Gasteiger charge is 2.11. The average molecular weight is 287 g/mol. The lowest BCUT2D eigenvalue weighted by molar-refractivity contribution is 0.171. The minimum atomic E-state index is 0.429. The van der Waals surface area contributed by atoms with Gasteiger partial charge in [0.2, 0.25) is 0 Å². The maximum Gasteiger partial charge on any atom is 0.161 e. The van der Waals surface area contributed by atoms with Gasteiger partial charge in [-0.25, -0.2) is 4.98 Å². The van der Waals surface area contributed by atoms with Crippen LogP contribution in [0.3, 0.4) is 0 Å². The van der Waals surface area contributed by atoms with E-state index in [0.29, 0.717) is 19.3 Å². The molecule has 0 atom stereocenters. The first-order valence-electron chi connectivity index (χ1n) is 7.34. The first-order chi connectivity index (χ1) is 10.2. The molecule has 5 nitrogen and oxygen atoms in total. The minimum absolute atomic E-state index is 0.429. The van der Waals surface area contributed by atoms with Gasteiger partial charge in [-0.05, 0) is 31.5 Å². The van der Waals surface area contributed by atoms with Crippen molar-refractivity contribution >= 4 is 0 Å². The van der Waals surface area contributed by atoms with Crippen LogP contribution >= 0.6 is 0 Å². The number of hydrogen-bond acceptors (Lipinski definition) is 4. The van der Waals surface area contributed by atoms with E-state index in [1.807, 2.05) is 24.7 Å². The van der Waals surface area contributed by atoms with Crippen molar-refractivity contribution in [1.82, 2.24) is 14.9 Å². The van der Waals surface area contributed by atoms with Crippen LogP contribution in [-0.2, 0) is 13.1 Å². The molecule has 112 valence electrons. The van der Waals surface area contributed by atoms with Crippen LogP contribution in [0.15, 0.2) is 30.7 Å². The Hall–Kier alpha value is -2.01. The second-order valence-corrected chi connectivity index (χ2v) is 5.47. The number of nitrogens with zero attached hydrogens (tertiary/aromatic N) is 2. The molecule has 1 aliphatic heterocycles. The summed E-state index contributed by atoms with van der Waals surface area (Å²) >= 11 is 0. The zero-order valence-electron chi connectivity index (χ0n) is 12.5. The molecule has 1 N–H and O–H groups in total. The normalized spacial score (nSPS) is 13.7. The van der Waals surface area contributed by atoms with Crippen LogP contribution in [0, 0.1) is 0 Å². The molecule has 0 bridgehead atoms. The number of ether oxygens (including phenoxy) is 2. The van der Waals surface area contributed by atoms with Crippen LogP contribution in [-0.4, -0.2) is 22.8 Å². The quantitative estimate of drug-likeness (QED) is 0.918. The molecule has 0 aliphatic carbocycles. The van der Waals surface area contributed by atoms with E-state index < -0.39 is 0 Å². The molecule has 1 aliphatic rings. The largest absolute Gasteiger partial charge is 0.486 e. The molecular weight excluding hydrogens is 266 g/mol. The highest BCUT2D eigenvalue weighted by Crippen LogP contribution is 2.30. The van der Waals surface area contributed by atoms with Gasteiger partial charge in [-0.2, -0.15) is 0 Å². The Labute approximate surface area is 124 Å². The molecule has 3 rings (SSSR count). The van der Waals surface area contributed by atoms with Crippen molar-refractivity contribution in [2.45, 2.75) is 33.0 Å². The van der Waals surface area contributed by atoms with Crippen LogP contribution in [0.25, 0.3) is 0 Å². The Kier molecular flexibility index (Phi) is 4.10. The third kappa shape index (κ3) is 3.19. The van der Waals surface area contributed by atoms with Crippen molar-refractivity contribution in [2.24, 2.45) is 0 Å². The van der Waals surface area contributed by atoms with Crippen LogP contribution in [0.1, 0.15) is 31.1 Å². The van der Waals surface area contributed by atoms with E-state index in [1.54, 1.807) is 0 Å². The Morgan fingerprint density at radius 3 is 2.81 bits per heavy atom. The first kappa shape index (κ1) is 13.9. The lowest BCUT2D eigenvalue weighted by Gasteiger charge is -2.19. The average Bonchev–Trinajstić information content (AvgIpc) is 2.96. The summed E-state index contributed by atoms with van der Waals surface area (Å²) in [6, 6.07) is 6.52. The molecule has 2 aromatic rings. The lowest BCUT2D eigenvalue weighted by Crippen LogP contribution is -2.18. The van der Waals surface area contributed by atoms with Crippen molar-refractivity contribution in [2.75, 3.05) is 13.2 Å². The number of nitrogens with one attached hydrogen (secondary N) is 1. The maximum atomic E-state index is 5.60. The summed E-state index contributed by atoms with van der Waals surface area (Å²) in [7, 11) is 0. The Bertz CT molecular complexity index is 607. The van der Waals surface area contributed by atoms with Crippen LogP contribution in [0.4, 0.5) is 0 Å². The van der Waals surface area contributed by atoms with Crippen molar-refractivity contribution in [3.8, 4) is 11.5 Å². The molecule has 1 aromatic carbocycles. The van der Waals surface area contributed by atoms with Gasteiger partial charge in [-0.3, -0.25) is 0 Å². The molecule has 1 aromatic heterocycles. The molecule has 5 heteroatoms. The predicted molar refractivity (Wildman–Crippen MR) is 80.6 cm³/mol. The van der Waals surface area contributed by atoms with Crippen molar-refractivity contribution in [1.29, 1.82) is 0 Å². The zero-order valence-corrected chi connectivity index (χ0v) is 12.5. The Morgan fingerprint density at radius 2 is 2.00 bits per heavy atom. The summed E-state index contributed by atoms with van der Waals surface area (Å²) in [6.07, 6.45) is 3.79. The second-order valence-electron chi connectivity index (χ2n) is 5.47. The van der Waals surface area contributed by atoms with Gasteiger partial charge in [0.1, 0.15) is 13.2 Å². The van der Waals surface area contributed by atoms with Crippen molar-refractivity contribution in [3.63, 3.8) is 0 Å². The SMILES string of the molecule is CC(C)n1cncc1CNCc1ccc2c(c1)OCCO2. The smallest absolute Gasteiger partial charge is 0.161 e. The fraction of sp³-hybridized carbons (Fsp3) is 0.438. The molecule has 0 radical (unpaired) electrons. The Morgan fingerprint density at radius 1 is 1.19 bits per heavy atom. The summed E-state index contributed by atoms with van der Waals surface area (Å²) in [5.41, 5.74) is 2.39. The fourth-order valence-corrected chi connectivity index (χ4v) is 2.47. The monoisotopic (exact) mass is 287 g/mol. The molecule has 21 heavy (non-hydrogen) atoms. The van der Waals surface area contributed by atoms with Gasteiger partial charge in [0.15, 0.2) is 11.5 Å². The van der Waals surface area contributed by atoms with Gasteiger partial charge in [-0.1, -0.05) is 6.07 Å². The van der Waals surface area contributed by atoms with Gasteiger partial charge in [-0.15, -0.1) is 0 Å². The first-order valence-corrected chi connectivity index (χ1v) is 7.34. The topological polar surface area (TPSA) is 48.3 Å². The van der Waals surface area contributed by atoms with Gasteiger partial charge >= 0.3 is 0 Å². The summed E-state index contributed by atoms with van der Waals surface area (Å²) < 4.78 is 13.3. The molecule has 0 saturated heterocycles. The fourth-order valence-electron chi connectivity index (χ4n) is 2.47. The zero-order chi connectivity index (χ0) is 14.7. The van der Waals surface area contributed by atoms with Crippen LogP contribution < -0.4 is 14.8 Å². The number of rotatable bonds is 5. The number of aromatic nitrogens is 2. The second kappa shape index (κ2) is 6.18. The van der Waals surface area contributed by atoms with E-state index in [-0.39, 0.29) is 0 Å². The molecular formula is C16H21N3O2. The Balaban J connectivity index is 1.59. The molecule has 0 saturated carbocycles. The van der Waals surface area contributed by atoms with Gasteiger partial charge in [0, 0.05) is 25.3 Å². The van der Waals surface area contributed by atoms with E-state index in [2.05, 4.69) is 34.8 Å². The third-order valence-corrected chi connectivity index (χ3v) is 3.54. The highest BCUT2D eigenvalue weighted by atomic mass is 16.6. The summed E-state index contributed by atoms with van der Waals surface area (Å²) in [5, 5.41) is 3.45. The molecule has 0 fully saturated rings. The van der Waals surface area contributed by atoms with Gasteiger partial charge < -0.3 is 19.4 Å². The van der Waals surface area contributed by atoms with E-state index in [9.17, 15) is 0 Å². The van der Waals surface area contributed by atoms with Crippen molar-refractivity contribution in [3.05, 3.63) is 42.0 Å². The highest BCUT2D eigenvalue weighted by molar-refractivity contribution is 5.43. The van der Waals surface area contributed by atoms with Crippen LogP contribution in [0.5, 0.6) is 11.5 Å². The number of benzene rings is 1. The lowest BCUT2D eigenvalue weighted by atomic mass is 10.2. The number of imidazole rings is 1. The van der Waals surface area contributed by atoms with E-state index in [1.165, 1.54) is 11.3 Å². The molecule has 0 spiro atoms. The standard InChI is InChI=1S/C16H21N3O2/c1-12(2)19-11-18-10-14(19)9-17-8-13-3-4-15-16(7-13)21-6-5-20-15/h3-4,7,10-12,17H,5-6,8-9H2,1-2H3. The van der Waals surface area contributed by atoms with Gasteiger partial charge in [0.25, 0.3) is 0 Å². The summed E-state index contributed by atoms with van der Waals surface area (Å²) in [5.74, 6) is 1.68. The number of hydrogen-bond donors (Lipinski definition) is 1. The van der Waals surface area contributed by atoms with Gasteiger partial charge in [0.05, 0.1) is 12.0 Å². The van der Waals surface area contributed by atoms with Crippen molar-refractivity contribution < 1.29 is 9.47 Å². The summed E-state index contributed by atoms with van der Waals surface area (Å²) in [4.78, 5) is 4.21. The molecule has 0 unspecified atom stereocenters.